The molecule has 0 spiro atoms. The first-order valence-electron chi connectivity index (χ1n) is 6.05. The number of carbonyl (C=O) groups is 1. The Balaban J connectivity index is 2.62. The monoisotopic (exact) mass is 290 g/mol. The van der Waals surface area contributed by atoms with Gasteiger partial charge in [0.15, 0.2) is 0 Å². The van der Waals surface area contributed by atoms with Crippen LogP contribution in [0.5, 0.6) is 0 Å². The predicted octanol–water partition coefficient (Wildman–Crippen LogP) is 1.16. The van der Waals surface area contributed by atoms with Crippen LogP contribution in [-0.4, -0.2) is 26.8 Å². The van der Waals surface area contributed by atoms with Crippen LogP contribution in [0.2, 0.25) is 0 Å². The van der Waals surface area contributed by atoms with Crippen LogP contribution in [0, 0.1) is 11.3 Å². The van der Waals surface area contributed by atoms with Gasteiger partial charge in [-0.1, -0.05) is 0 Å². The van der Waals surface area contributed by atoms with Crippen LogP contribution < -0.4 is 5.73 Å². The van der Waals surface area contributed by atoms with E-state index in [1.165, 1.54) is 20.5 Å². The van der Waals surface area contributed by atoms with Gasteiger partial charge >= 0.3 is 5.97 Å². The van der Waals surface area contributed by atoms with E-state index in [1.54, 1.807) is 12.1 Å². The number of nitrogens with two attached hydrogens (primary N) is 1. The van der Waals surface area contributed by atoms with E-state index in [9.17, 15) is 10.1 Å². The average Bonchev–Trinajstić information content (AvgIpc) is 3.00. The molecule has 21 heavy (non-hydrogen) atoms. The Morgan fingerprint density at radius 3 is 2.81 bits per heavy atom. The minimum absolute atomic E-state index is 0.0149. The maximum Gasteiger partial charge on any atom is 0.338 e. The fourth-order valence-electron chi connectivity index (χ4n) is 2.13. The Bertz CT molecular complexity index is 637. The third-order valence-electron chi connectivity index (χ3n) is 3.01. The number of nitriles is 1. The molecule has 0 bridgehead atoms. The minimum atomic E-state index is -0.781. The molecule has 1 atom stereocenters. The molecule has 1 aromatic rings. The molecule has 1 aliphatic rings. The van der Waals surface area contributed by atoms with Gasteiger partial charge in [0.05, 0.1) is 24.9 Å². The lowest BCUT2D eigenvalue weighted by Crippen LogP contribution is -2.27. The molecule has 7 nitrogen and oxygen atoms in total. The maximum absolute atomic E-state index is 12.1. The van der Waals surface area contributed by atoms with E-state index in [-0.39, 0.29) is 29.4 Å². The molecule has 2 heterocycles. The fraction of sp³-hybridized carbons (Fsp3) is 0.286. The first-order chi connectivity index (χ1) is 10.1. The van der Waals surface area contributed by atoms with E-state index in [1.807, 2.05) is 6.07 Å². The number of carbonyl (C=O) groups excluding carboxylic acids is 1. The predicted molar refractivity (Wildman–Crippen MR) is 70.3 cm³/mol. The number of hydrogen-bond acceptors (Lipinski definition) is 7. The van der Waals surface area contributed by atoms with Crippen molar-refractivity contribution < 1.29 is 23.4 Å². The van der Waals surface area contributed by atoms with E-state index in [0.717, 1.165) is 0 Å². The summed E-state index contributed by atoms with van der Waals surface area (Å²) in [5.41, 5.74) is 5.99. The molecule has 0 amide bonds. The molecule has 2 N–H and O–H groups in total. The highest BCUT2D eigenvalue weighted by atomic mass is 16.5. The standard InChI is InChI=1S/C14H14N2O5/c1-18-7-10-12(14(17)19-2)11(9-4-3-5-20-9)8(6-15)13(16)21-10/h3-5,11H,7,16H2,1-2H3/t11-/m1/s1. The van der Waals surface area contributed by atoms with Crippen LogP contribution in [0.1, 0.15) is 11.7 Å². The van der Waals surface area contributed by atoms with Crippen molar-refractivity contribution in [1.82, 2.24) is 0 Å². The molecule has 1 aromatic heterocycles. The van der Waals surface area contributed by atoms with Crippen molar-refractivity contribution in [2.45, 2.75) is 5.92 Å². The number of ether oxygens (including phenoxy) is 3. The second-order valence-electron chi connectivity index (χ2n) is 4.20. The van der Waals surface area contributed by atoms with Crippen molar-refractivity contribution in [2.75, 3.05) is 20.8 Å². The molecule has 0 aliphatic carbocycles. The van der Waals surface area contributed by atoms with Gasteiger partial charge in [-0.25, -0.2) is 4.79 Å². The smallest absolute Gasteiger partial charge is 0.338 e. The second-order valence-corrected chi connectivity index (χ2v) is 4.20. The molecule has 0 aromatic carbocycles. The van der Waals surface area contributed by atoms with Crippen molar-refractivity contribution in [3.05, 3.63) is 46.9 Å². The SMILES string of the molecule is COCC1=C(C(=O)OC)[C@@H](c2ccco2)C(C#N)=C(N)O1. The summed E-state index contributed by atoms with van der Waals surface area (Å²) in [6, 6.07) is 5.25. The third-order valence-corrected chi connectivity index (χ3v) is 3.01. The van der Waals surface area contributed by atoms with Crippen LogP contribution in [0.25, 0.3) is 0 Å². The quantitative estimate of drug-likeness (QED) is 0.829. The van der Waals surface area contributed by atoms with Crippen LogP contribution in [0.4, 0.5) is 0 Å². The number of methoxy groups -OCH3 is 2. The zero-order chi connectivity index (χ0) is 15.4. The van der Waals surface area contributed by atoms with E-state index in [2.05, 4.69) is 0 Å². The largest absolute Gasteiger partial charge is 0.468 e. The molecule has 0 unspecified atom stereocenters. The number of nitrogens with zero attached hydrogens (tertiary/aromatic N) is 1. The number of hydrogen-bond donors (Lipinski definition) is 1. The van der Waals surface area contributed by atoms with Crippen LogP contribution in [0.3, 0.4) is 0 Å². The molecule has 1 aliphatic heterocycles. The van der Waals surface area contributed by atoms with Gasteiger partial charge in [0, 0.05) is 7.11 Å². The van der Waals surface area contributed by atoms with Crippen LogP contribution >= 0.6 is 0 Å². The van der Waals surface area contributed by atoms with Crippen molar-refractivity contribution in [3.8, 4) is 6.07 Å². The summed E-state index contributed by atoms with van der Waals surface area (Å²) in [6.45, 7) is 0.0149. The molecule has 0 saturated heterocycles. The van der Waals surface area contributed by atoms with Gasteiger partial charge in [-0.05, 0) is 12.1 Å². The zero-order valence-electron chi connectivity index (χ0n) is 11.6. The van der Waals surface area contributed by atoms with Gasteiger partial charge < -0.3 is 24.4 Å². The molecule has 7 heteroatoms. The van der Waals surface area contributed by atoms with Crippen molar-refractivity contribution in [1.29, 1.82) is 5.26 Å². The maximum atomic E-state index is 12.1. The minimum Gasteiger partial charge on any atom is -0.468 e. The summed E-state index contributed by atoms with van der Waals surface area (Å²) in [6.07, 6.45) is 1.45. The lowest BCUT2D eigenvalue weighted by atomic mass is 9.87. The Morgan fingerprint density at radius 1 is 1.52 bits per heavy atom. The van der Waals surface area contributed by atoms with Crippen molar-refractivity contribution >= 4 is 5.97 Å². The topological polar surface area (TPSA) is 108 Å². The van der Waals surface area contributed by atoms with E-state index in [4.69, 9.17) is 24.4 Å². The number of esters is 1. The summed E-state index contributed by atoms with van der Waals surface area (Å²) in [7, 11) is 2.69. The summed E-state index contributed by atoms with van der Waals surface area (Å²) in [5.74, 6) is -0.910. The second kappa shape index (κ2) is 6.15. The van der Waals surface area contributed by atoms with E-state index < -0.39 is 11.9 Å². The van der Waals surface area contributed by atoms with Gasteiger partial charge in [0.1, 0.15) is 29.8 Å². The molecule has 0 radical (unpaired) electrons. The van der Waals surface area contributed by atoms with Crippen molar-refractivity contribution in [2.24, 2.45) is 5.73 Å². The Hall–Kier alpha value is -2.72. The summed E-state index contributed by atoms with van der Waals surface area (Å²) in [4.78, 5) is 12.1. The number of furan rings is 1. The zero-order valence-corrected chi connectivity index (χ0v) is 11.6. The van der Waals surface area contributed by atoms with Gasteiger partial charge in [0.25, 0.3) is 0 Å². The Labute approximate surface area is 121 Å². The summed E-state index contributed by atoms with van der Waals surface area (Å²) < 4.78 is 20.4. The Kier molecular flexibility index (Phi) is 4.30. The molecule has 0 fully saturated rings. The van der Waals surface area contributed by atoms with Crippen LogP contribution in [-0.2, 0) is 19.0 Å². The first kappa shape index (κ1) is 14.7. The first-order valence-corrected chi connectivity index (χ1v) is 6.05. The average molecular weight is 290 g/mol. The highest BCUT2D eigenvalue weighted by Crippen LogP contribution is 2.39. The fourth-order valence-corrected chi connectivity index (χ4v) is 2.13. The normalized spacial score (nSPS) is 18.2. The van der Waals surface area contributed by atoms with Crippen LogP contribution in [0.15, 0.2) is 45.6 Å². The number of rotatable bonds is 4. The highest BCUT2D eigenvalue weighted by molar-refractivity contribution is 5.92. The highest BCUT2D eigenvalue weighted by Gasteiger charge is 2.38. The molecular weight excluding hydrogens is 276 g/mol. The molecule has 2 rings (SSSR count). The molecular formula is C14H14N2O5. The Morgan fingerprint density at radius 2 is 2.29 bits per heavy atom. The summed E-state index contributed by atoms with van der Waals surface area (Å²) >= 11 is 0. The molecule has 0 saturated carbocycles. The van der Waals surface area contributed by atoms with E-state index >= 15 is 0 Å². The van der Waals surface area contributed by atoms with Crippen molar-refractivity contribution in [3.63, 3.8) is 0 Å². The van der Waals surface area contributed by atoms with E-state index in [0.29, 0.717) is 5.76 Å². The van der Waals surface area contributed by atoms with Gasteiger partial charge in [0.2, 0.25) is 5.88 Å². The van der Waals surface area contributed by atoms with Gasteiger partial charge in [-0.2, -0.15) is 5.26 Å². The number of allylic oxidation sites excluding steroid dienone is 1. The third kappa shape index (κ3) is 2.61. The lowest BCUT2D eigenvalue weighted by Gasteiger charge is -2.26. The van der Waals surface area contributed by atoms with Gasteiger partial charge in [-0.15, -0.1) is 0 Å². The lowest BCUT2D eigenvalue weighted by molar-refractivity contribution is -0.136. The molecule has 110 valence electrons. The van der Waals surface area contributed by atoms with Gasteiger partial charge in [-0.3, -0.25) is 0 Å². The summed E-state index contributed by atoms with van der Waals surface area (Å²) in [5, 5.41) is 9.30.